The van der Waals surface area contributed by atoms with Crippen LogP contribution in [0, 0.1) is 0 Å². The predicted molar refractivity (Wildman–Crippen MR) is 86.9 cm³/mol. The van der Waals surface area contributed by atoms with E-state index in [1.165, 1.54) is 24.0 Å². The van der Waals surface area contributed by atoms with E-state index in [-0.39, 0.29) is 0 Å². The van der Waals surface area contributed by atoms with Crippen molar-refractivity contribution in [2.24, 2.45) is 0 Å². The minimum absolute atomic E-state index is 0.461. The van der Waals surface area contributed by atoms with E-state index < -0.39 is 0 Å². The molecule has 0 fully saturated rings. The first kappa shape index (κ1) is 14.8. The van der Waals surface area contributed by atoms with Crippen LogP contribution in [0.3, 0.4) is 0 Å². The van der Waals surface area contributed by atoms with Crippen LogP contribution in [0.4, 0.5) is 0 Å². The highest BCUT2D eigenvalue weighted by molar-refractivity contribution is 5.20. The largest absolute Gasteiger partial charge is 0.310 e. The Morgan fingerprint density at radius 1 is 0.900 bits per heavy atom. The summed E-state index contributed by atoms with van der Waals surface area (Å²) < 4.78 is 0. The van der Waals surface area contributed by atoms with Gasteiger partial charge in [-0.15, -0.1) is 0 Å². The molecular formula is C19H25N. The van der Waals surface area contributed by atoms with E-state index in [1.807, 2.05) is 0 Å². The summed E-state index contributed by atoms with van der Waals surface area (Å²) in [6, 6.07) is 22.0. The average molecular weight is 267 g/mol. The van der Waals surface area contributed by atoms with Crippen LogP contribution < -0.4 is 5.32 Å². The highest BCUT2D eigenvalue weighted by Crippen LogP contribution is 2.19. The first-order valence-electron chi connectivity index (χ1n) is 7.72. The van der Waals surface area contributed by atoms with Gasteiger partial charge in [0.1, 0.15) is 0 Å². The van der Waals surface area contributed by atoms with E-state index in [9.17, 15) is 0 Å². The van der Waals surface area contributed by atoms with Crippen molar-refractivity contribution in [3.05, 3.63) is 71.8 Å². The summed E-state index contributed by atoms with van der Waals surface area (Å²) in [6.07, 6.45) is 4.76. The summed E-state index contributed by atoms with van der Waals surface area (Å²) in [5.74, 6) is 0. The summed E-state index contributed by atoms with van der Waals surface area (Å²) in [4.78, 5) is 0. The van der Waals surface area contributed by atoms with Crippen LogP contribution in [0.25, 0.3) is 0 Å². The van der Waals surface area contributed by atoms with E-state index >= 15 is 0 Å². The molecule has 2 rings (SSSR count). The van der Waals surface area contributed by atoms with E-state index in [0.29, 0.717) is 6.04 Å². The minimum atomic E-state index is 0.461. The summed E-state index contributed by atoms with van der Waals surface area (Å²) in [5, 5.41) is 3.71. The molecule has 0 aliphatic heterocycles. The number of nitrogens with one attached hydrogen (secondary N) is 1. The molecule has 2 aromatic carbocycles. The fraction of sp³-hybridized carbons (Fsp3) is 0.368. The van der Waals surface area contributed by atoms with Crippen LogP contribution in [0.15, 0.2) is 60.7 Å². The lowest BCUT2D eigenvalue weighted by Crippen LogP contribution is -2.23. The second-order valence-corrected chi connectivity index (χ2v) is 5.30. The third-order valence-electron chi connectivity index (χ3n) is 3.69. The second-order valence-electron chi connectivity index (χ2n) is 5.30. The molecule has 0 saturated heterocycles. The van der Waals surface area contributed by atoms with Crippen molar-refractivity contribution in [3.8, 4) is 0 Å². The maximum atomic E-state index is 3.71. The van der Waals surface area contributed by atoms with E-state index in [0.717, 1.165) is 19.4 Å². The zero-order valence-corrected chi connectivity index (χ0v) is 12.4. The van der Waals surface area contributed by atoms with Crippen LogP contribution in [0.1, 0.15) is 43.4 Å². The highest BCUT2D eigenvalue weighted by atomic mass is 14.9. The standard InChI is InChI=1S/C19H25N/c1-2-3-16-20-19(18-12-8-5-9-13-18)15-14-17-10-6-4-7-11-17/h4-13,19-20H,2-3,14-16H2,1H3/t19-/m0/s1. The second kappa shape index (κ2) is 8.55. The molecule has 0 aliphatic carbocycles. The molecule has 1 heteroatoms. The molecule has 0 bridgehead atoms. The van der Waals surface area contributed by atoms with Crippen molar-refractivity contribution >= 4 is 0 Å². The molecule has 0 spiro atoms. The smallest absolute Gasteiger partial charge is 0.0323 e. The topological polar surface area (TPSA) is 12.0 Å². The fourth-order valence-corrected chi connectivity index (χ4v) is 2.48. The molecule has 1 atom stereocenters. The summed E-state index contributed by atoms with van der Waals surface area (Å²) in [6.45, 7) is 3.34. The number of hydrogen-bond donors (Lipinski definition) is 1. The van der Waals surface area contributed by atoms with E-state index in [1.54, 1.807) is 0 Å². The van der Waals surface area contributed by atoms with Crippen LogP contribution in [0.5, 0.6) is 0 Å². The normalized spacial score (nSPS) is 12.2. The molecule has 0 radical (unpaired) electrons. The monoisotopic (exact) mass is 267 g/mol. The van der Waals surface area contributed by atoms with Crippen molar-refractivity contribution in [2.45, 2.75) is 38.6 Å². The van der Waals surface area contributed by atoms with Gasteiger partial charge in [-0.2, -0.15) is 0 Å². The predicted octanol–water partition coefficient (Wildman–Crippen LogP) is 4.75. The van der Waals surface area contributed by atoms with Crippen molar-refractivity contribution < 1.29 is 0 Å². The van der Waals surface area contributed by atoms with Crippen molar-refractivity contribution in [1.82, 2.24) is 5.32 Å². The minimum Gasteiger partial charge on any atom is -0.310 e. The Hall–Kier alpha value is -1.60. The number of benzene rings is 2. The van der Waals surface area contributed by atoms with Gasteiger partial charge < -0.3 is 5.32 Å². The fourth-order valence-electron chi connectivity index (χ4n) is 2.48. The van der Waals surface area contributed by atoms with Gasteiger partial charge in [0, 0.05) is 6.04 Å². The number of rotatable bonds is 8. The molecule has 2 aromatic rings. The number of hydrogen-bond acceptors (Lipinski definition) is 1. The Balaban J connectivity index is 1.95. The zero-order chi connectivity index (χ0) is 14.0. The van der Waals surface area contributed by atoms with Gasteiger partial charge >= 0.3 is 0 Å². The maximum Gasteiger partial charge on any atom is 0.0323 e. The summed E-state index contributed by atoms with van der Waals surface area (Å²) in [7, 11) is 0. The average Bonchev–Trinajstić information content (AvgIpc) is 2.52. The lowest BCUT2D eigenvalue weighted by molar-refractivity contribution is 0.490. The molecule has 106 valence electrons. The lowest BCUT2D eigenvalue weighted by atomic mass is 9.99. The maximum absolute atomic E-state index is 3.71. The van der Waals surface area contributed by atoms with Gasteiger partial charge in [0.15, 0.2) is 0 Å². The third kappa shape index (κ3) is 4.82. The van der Waals surface area contributed by atoms with Gasteiger partial charge in [-0.3, -0.25) is 0 Å². The van der Waals surface area contributed by atoms with Crippen LogP contribution in [-0.2, 0) is 6.42 Å². The van der Waals surface area contributed by atoms with Crippen LogP contribution in [-0.4, -0.2) is 6.54 Å². The third-order valence-corrected chi connectivity index (χ3v) is 3.69. The molecule has 0 unspecified atom stereocenters. The van der Waals surface area contributed by atoms with E-state index in [4.69, 9.17) is 0 Å². The number of aryl methyl sites for hydroxylation is 1. The summed E-state index contributed by atoms with van der Waals surface area (Å²) >= 11 is 0. The Morgan fingerprint density at radius 2 is 1.55 bits per heavy atom. The summed E-state index contributed by atoms with van der Waals surface area (Å²) in [5.41, 5.74) is 2.82. The molecule has 1 N–H and O–H groups in total. The number of unbranched alkanes of at least 4 members (excludes halogenated alkanes) is 1. The molecule has 1 nitrogen and oxygen atoms in total. The van der Waals surface area contributed by atoms with Crippen LogP contribution >= 0.6 is 0 Å². The lowest BCUT2D eigenvalue weighted by Gasteiger charge is -2.19. The molecule has 0 aromatic heterocycles. The molecule has 20 heavy (non-hydrogen) atoms. The molecule has 0 saturated carbocycles. The van der Waals surface area contributed by atoms with Gasteiger partial charge in [-0.05, 0) is 36.9 Å². The van der Waals surface area contributed by atoms with Crippen molar-refractivity contribution in [1.29, 1.82) is 0 Å². The first-order valence-corrected chi connectivity index (χ1v) is 7.72. The highest BCUT2D eigenvalue weighted by Gasteiger charge is 2.10. The zero-order valence-electron chi connectivity index (χ0n) is 12.4. The van der Waals surface area contributed by atoms with Gasteiger partial charge in [0.2, 0.25) is 0 Å². The molecule has 0 heterocycles. The van der Waals surface area contributed by atoms with Crippen molar-refractivity contribution in [3.63, 3.8) is 0 Å². The molecular weight excluding hydrogens is 242 g/mol. The molecule has 0 aliphatic rings. The SMILES string of the molecule is CCCCN[C@@H](CCc1ccccc1)c1ccccc1. The Labute approximate surface area is 123 Å². The Kier molecular flexibility index (Phi) is 6.33. The Morgan fingerprint density at radius 3 is 2.20 bits per heavy atom. The van der Waals surface area contributed by atoms with Gasteiger partial charge in [-0.25, -0.2) is 0 Å². The van der Waals surface area contributed by atoms with Crippen molar-refractivity contribution in [2.75, 3.05) is 6.54 Å². The first-order chi connectivity index (χ1) is 9.90. The van der Waals surface area contributed by atoms with E-state index in [2.05, 4.69) is 72.9 Å². The van der Waals surface area contributed by atoms with Gasteiger partial charge in [0.05, 0.1) is 0 Å². The van der Waals surface area contributed by atoms with Gasteiger partial charge in [-0.1, -0.05) is 74.0 Å². The van der Waals surface area contributed by atoms with Gasteiger partial charge in [0.25, 0.3) is 0 Å². The molecule has 0 amide bonds. The quantitative estimate of drug-likeness (QED) is 0.681. The van der Waals surface area contributed by atoms with Crippen LogP contribution in [0.2, 0.25) is 0 Å². The Bertz CT molecular complexity index is 464.